The molecule has 1 aromatic carbocycles. The van der Waals surface area contributed by atoms with Gasteiger partial charge in [0.15, 0.2) is 0 Å². The quantitative estimate of drug-likeness (QED) is 0.639. The summed E-state index contributed by atoms with van der Waals surface area (Å²) in [5.41, 5.74) is 0.787. The lowest BCUT2D eigenvalue weighted by molar-refractivity contribution is 0.148. The number of benzene rings is 1. The number of rotatable bonds is 8. The topological polar surface area (TPSA) is 50.8 Å². The van der Waals surface area contributed by atoms with Gasteiger partial charge in [-0.1, -0.05) is 6.92 Å². The fourth-order valence-corrected chi connectivity index (χ4v) is 4.76. The number of unbranched alkanes of at least 4 members (excludes halogenated alkanes) is 1. The first-order chi connectivity index (χ1) is 13.2. The fourth-order valence-electron chi connectivity index (χ4n) is 3.54. The number of carbonyl (C=O) groups is 1. The Morgan fingerprint density at radius 2 is 2.00 bits per heavy atom. The Hall–Kier alpha value is -1.63. The van der Waals surface area contributed by atoms with E-state index in [0.29, 0.717) is 19.1 Å². The highest BCUT2D eigenvalue weighted by molar-refractivity contribution is 7.19. The second-order valence-electron chi connectivity index (χ2n) is 7.07. The second-order valence-corrected chi connectivity index (χ2v) is 8.19. The fraction of sp³-hybridized carbons (Fsp3) is 0.571. The van der Waals surface area contributed by atoms with E-state index >= 15 is 0 Å². The van der Waals surface area contributed by atoms with Crippen molar-refractivity contribution in [3.8, 4) is 0 Å². The summed E-state index contributed by atoms with van der Waals surface area (Å²) in [5, 5.41) is 4.03. The summed E-state index contributed by atoms with van der Waals surface area (Å²) < 4.78 is 11.5. The van der Waals surface area contributed by atoms with Gasteiger partial charge in [0.25, 0.3) is 0 Å². The van der Waals surface area contributed by atoms with Crippen molar-refractivity contribution in [3.63, 3.8) is 0 Å². The van der Waals surface area contributed by atoms with Gasteiger partial charge >= 0.3 is 6.09 Å². The van der Waals surface area contributed by atoms with Gasteiger partial charge in [0, 0.05) is 29.0 Å². The average molecular weight is 391 g/mol. The van der Waals surface area contributed by atoms with Crippen LogP contribution in [0, 0.1) is 0 Å². The number of ether oxygens (including phenoxy) is 2. The smallest absolute Gasteiger partial charge is 0.411 e. The second kappa shape index (κ2) is 10.1. The number of methoxy groups -OCH3 is 1. The van der Waals surface area contributed by atoms with Gasteiger partial charge < -0.3 is 14.4 Å². The van der Waals surface area contributed by atoms with Crippen molar-refractivity contribution < 1.29 is 14.3 Å². The van der Waals surface area contributed by atoms with Gasteiger partial charge in [-0.3, -0.25) is 5.32 Å². The zero-order chi connectivity index (χ0) is 19.1. The van der Waals surface area contributed by atoms with Gasteiger partial charge in [0.1, 0.15) is 0 Å². The molecule has 1 aliphatic rings. The van der Waals surface area contributed by atoms with Crippen LogP contribution in [-0.2, 0) is 9.47 Å². The highest BCUT2D eigenvalue weighted by atomic mass is 32.1. The Morgan fingerprint density at radius 1 is 1.22 bits per heavy atom. The van der Waals surface area contributed by atoms with E-state index in [2.05, 4.69) is 29.3 Å². The number of amides is 1. The molecule has 0 unspecified atom stereocenters. The van der Waals surface area contributed by atoms with Gasteiger partial charge in [-0.2, -0.15) is 0 Å². The van der Waals surface area contributed by atoms with E-state index in [-0.39, 0.29) is 0 Å². The van der Waals surface area contributed by atoms with Crippen LogP contribution in [0.1, 0.15) is 43.4 Å². The Bertz CT molecular complexity index is 738. The van der Waals surface area contributed by atoms with Crippen molar-refractivity contribution in [1.29, 1.82) is 0 Å². The first kappa shape index (κ1) is 20.1. The number of anilines is 1. The van der Waals surface area contributed by atoms with E-state index < -0.39 is 6.09 Å². The molecule has 0 aliphatic carbocycles. The molecule has 1 N–H and O–H groups in total. The molecule has 1 aromatic heterocycles. The first-order valence-corrected chi connectivity index (χ1v) is 10.7. The van der Waals surface area contributed by atoms with E-state index in [9.17, 15) is 4.79 Å². The summed E-state index contributed by atoms with van der Waals surface area (Å²) >= 11 is 1.89. The van der Waals surface area contributed by atoms with Crippen molar-refractivity contribution in [2.75, 3.05) is 45.3 Å². The number of nitrogens with one attached hydrogen (secondary N) is 1. The summed E-state index contributed by atoms with van der Waals surface area (Å²) in [4.78, 5) is 15.9. The van der Waals surface area contributed by atoms with Gasteiger partial charge in [0.05, 0.1) is 6.61 Å². The molecule has 0 spiro atoms. The average Bonchev–Trinajstić information content (AvgIpc) is 3.11. The summed E-state index contributed by atoms with van der Waals surface area (Å²) in [7, 11) is 1.67. The molecule has 1 fully saturated rings. The minimum Gasteiger partial charge on any atom is -0.449 e. The minimum atomic E-state index is -0.394. The Balaban J connectivity index is 1.55. The molecule has 148 valence electrons. The van der Waals surface area contributed by atoms with Crippen LogP contribution in [-0.4, -0.2) is 51.0 Å². The predicted octanol–water partition coefficient (Wildman–Crippen LogP) is 5.08. The van der Waals surface area contributed by atoms with Crippen LogP contribution in [0.25, 0.3) is 10.1 Å². The van der Waals surface area contributed by atoms with E-state index in [0.717, 1.165) is 25.1 Å². The first-order valence-electron chi connectivity index (χ1n) is 9.88. The monoisotopic (exact) mass is 390 g/mol. The molecule has 1 aliphatic heterocycles. The van der Waals surface area contributed by atoms with Crippen molar-refractivity contribution in [1.82, 2.24) is 4.90 Å². The number of piperidine rings is 1. The number of fused-ring (bicyclic) bond motifs is 1. The molecule has 3 rings (SSSR count). The van der Waals surface area contributed by atoms with Crippen LogP contribution in [0.4, 0.5) is 10.5 Å². The largest absolute Gasteiger partial charge is 0.449 e. The number of nitrogens with zero attached hydrogens (tertiary/aromatic N) is 1. The summed E-state index contributed by atoms with van der Waals surface area (Å²) in [6, 6.07) is 8.39. The van der Waals surface area contributed by atoms with Crippen LogP contribution < -0.4 is 5.32 Å². The predicted molar refractivity (Wildman–Crippen MR) is 112 cm³/mol. The third-order valence-electron chi connectivity index (χ3n) is 5.19. The maximum absolute atomic E-state index is 11.9. The molecule has 1 saturated heterocycles. The van der Waals surface area contributed by atoms with Crippen molar-refractivity contribution in [2.45, 2.75) is 38.5 Å². The van der Waals surface area contributed by atoms with Crippen molar-refractivity contribution in [3.05, 3.63) is 29.1 Å². The van der Waals surface area contributed by atoms with Crippen LogP contribution in [0.2, 0.25) is 0 Å². The molecule has 1 amide bonds. The van der Waals surface area contributed by atoms with Crippen LogP contribution in [0.3, 0.4) is 0 Å². The summed E-state index contributed by atoms with van der Waals surface area (Å²) in [6.45, 7) is 6.88. The van der Waals surface area contributed by atoms with E-state index in [1.807, 2.05) is 23.5 Å². The third-order valence-corrected chi connectivity index (χ3v) is 6.47. The van der Waals surface area contributed by atoms with Crippen LogP contribution in [0.15, 0.2) is 24.3 Å². The molecule has 5 nitrogen and oxygen atoms in total. The van der Waals surface area contributed by atoms with Gasteiger partial charge in [-0.05, 0) is 80.9 Å². The maximum Gasteiger partial charge on any atom is 0.411 e. The zero-order valence-electron chi connectivity index (χ0n) is 16.3. The minimum absolute atomic E-state index is 0.394. The van der Waals surface area contributed by atoms with Gasteiger partial charge in [-0.15, -0.1) is 11.3 Å². The molecule has 0 bridgehead atoms. The zero-order valence-corrected chi connectivity index (χ0v) is 17.1. The number of thiophene rings is 1. The third kappa shape index (κ3) is 5.67. The number of hydrogen-bond donors (Lipinski definition) is 1. The summed E-state index contributed by atoms with van der Waals surface area (Å²) in [5.74, 6) is 0.665. The lowest BCUT2D eigenvalue weighted by atomic mass is 9.95. The molecule has 6 heteroatoms. The summed E-state index contributed by atoms with van der Waals surface area (Å²) in [6.07, 6.45) is 3.78. The number of carbonyl (C=O) groups excluding carboxylic acids is 1. The molecule has 2 heterocycles. The van der Waals surface area contributed by atoms with E-state index in [1.165, 1.54) is 40.9 Å². The van der Waals surface area contributed by atoms with Gasteiger partial charge in [-0.25, -0.2) is 4.79 Å². The lowest BCUT2D eigenvalue weighted by Crippen LogP contribution is -2.32. The Kier molecular flexibility index (Phi) is 7.50. The molecule has 2 aromatic rings. The highest BCUT2D eigenvalue weighted by Crippen LogP contribution is 2.37. The Morgan fingerprint density at radius 3 is 2.74 bits per heavy atom. The highest BCUT2D eigenvalue weighted by Gasteiger charge is 2.21. The SMILES string of the molecule is CCN1CCC(c2cc3cc(NC(=O)OCCCCOC)ccc3s2)CC1. The molecule has 27 heavy (non-hydrogen) atoms. The lowest BCUT2D eigenvalue weighted by Gasteiger charge is -2.30. The van der Waals surface area contributed by atoms with Gasteiger partial charge in [0.2, 0.25) is 0 Å². The molecule has 0 radical (unpaired) electrons. The van der Waals surface area contributed by atoms with E-state index in [1.54, 1.807) is 7.11 Å². The van der Waals surface area contributed by atoms with Crippen molar-refractivity contribution >= 4 is 33.2 Å². The van der Waals surface area contributed by atoms with E-state index in [4.69, 9.17) is 9.47 Å². The Labute approximate surface area is 165 Å². The van der Waals surface area contributed by atoms with Crippen LogP contribution in [0.5, 0.6) is 0 Å². The molecular weight excluding hydrogens is 360 g/mol. The number of hydrogen-bond acceptors (Lipinski definition) is 5. The standard InChI is InChI=1S/C21H30N2O3S/c1-3-23-10-8-16(9-11-23)20-15-17-14-18(6-7-19(17)27-20)22-21(24)26-13-5-4-12-25-2/h6-7,14-16H,3-5,8-13H2,1-2H3,(H,22,24). The van der Waals surface area contributed by atoms with Crippen LogP contribution >= 0.6 is 11.3 Å². The maximum atomic E-state index is 11.9. The normalized spacial score (nSPS) is 15.9. The van der Waals surface area contributed by atoms with Crippen molar-refractivity contribution in [2.24, 2.45) is 0 Å². The number of likely N-dealkylation sites (tertiary alicyclic amines) is 1. The molecule has 0 atom stereocenters. The molecule has 0 saturated carbocycles. The molecular formula is C21H30N2O3S.